The molecule has 0 aliphatic carbocycles. The van der Waals surface area contributed by atoms with Crippen molar-refractivity contribution < 1.29 is 9.52 Å². The Hall–Kier alpha value is -2.06. The number of hydrogen-bond donors (Lipinski definition) is 1. The Kier molecular flexibility index (Phi) is 4.07. The summed E-state index contributed by atoms with van der Waals surface area (Å²) < 4.78 is 5.81. The van der Waals surface area contributed by atoms with E-state index in [-0.39, 0.29) is 0 Å². The van der Waals surface area contributed by atoms with Gasteiger partial charge >= 0.3 is 0 Å². The average molecular weight is 280 g/mol. The Bertz CT molecular complexity index is 713. The fourth-order valence-corrected chi connectivity index (χ4v) is 2.68. The molecule has 0 radical (unpaired) electrons. The molecular weight excluding hydrogens is 260 g/mol. The van der Waals surface area contributed by atoms with Crippen molar-refractivity contribution in [1.82, 2.24) is 0 Å². The minimum Gasteiger partial charge on any atom is -0.458 e. The summed E-state index contributed by atoms with van der Waals surface area (Å²) in [6, 6.07) is 18.4. The maximum atomic E-state index is 10.3. The molecule has 0 aliphatic rings. The molecule has 2 heteroatoms. The maximum absolute atomic E-state index is 10.3. The minimum absolute atomic E-state index is 0.527. The molecule has 0 saturated heterocycles. The molecule has 3 aromatic rings. The lowest BCUT2D eigenvalue weighted by Crippen LogP contribution is -1.96. The number of benzene rings is 2. The van der Waals surface area contributed by atoms with Crippen molar-refractivity contribution in [2.75, 3.05) is 0 Å². The van der Waals surface area contributed by atoms with Crippen molar-refractivity contribution >= 4 is 11.0 Å². The third-order valence-corrected chi connectivity index (χ3v) is 3.87. The summed E-state index contributed by atoms with van der Waals surface area (Å²) in [4.78, 5) is 0. The van der Waals surface area contributed by atoms with Crippen LogP contribution in [0.5, 0.6) is 0 Å². The molecule has 1 aromatic heterocycles. The quantitative estimate of drug-likeness (QED) is 0.728. The van der Waals surface area contributed by atoms with Crippen LogP contribution in [0.15, 0.2) is 59.0 Å². The van der Waals surface area contributed by atoms with Crippen LogP contribution in [-0.2, 0) is 6.42 Å². The van der Waals surface area contributed by atoms with Crippen molar-refractivity contribution in [3.8, 4) is 0 Å². The number of aryl methyl sites for hydroxylation is 2. The molecule has 2 nitrogen and oxygen atoms in total. The fourth-order valence-electron chi connectivity index (χ4n) is 2.68. The van der Waals surface area contributed by atoms with E-state index in [2.05, 4.69) is 12.1 Å². The molecule has 0 amide bonds. The van der Waals surface area contributed by atoms with Crippen molar-refractivity contribution in [3.63, 3.8) is 0 Å². The van der Waals surface area contributed by atoms with Crippen LogP contribution in [0.1, 0.15) is 35.8 Å². The largest absolute Gasteiger partial charge is 0.458 e. The molecule has 1 atom stereocenters. The van der Waals surface area contributed by atoms with Crippen LogP contribution in [0.2, 0.25) is 0 Å². The number of aliphatic hydroxyl groups excluding tert-OH is 1. The van der Waals surface area contributed by atoms with Crippen LogP contribution in [-0.4, -0.2) is 5.11 Å². The number of aliphatic hydroxyl groups is 1. The minimum atomic E-state index is -0.527. The number of fused-ring (bicyclic) bond motifs is 1. The molecule has 1 N–H and O–H groups in total. The fraction of sp³-hybridized carbons (Fsp3) is 0.263. The Labute approximate surface area is 125 Å². The lowest BCUT2D eigenvalue weighted by atomic mass is 10.0. The van der Waals surface area contributed by atoms with E-state index in [1.165, 1.54) is 5.56 Å². The Morgan fingerprint density at radius 2 is 1.86 bits per heavy atom. The van der Waals surface area contributed by atoms with Gasteiger partial charge in [-0.2, -0.15) is 0 Å². The monoisotopic (exact) mass is 280 g/mol. The van der Waals surface area contributed by atoms with Gasteiger partial charge in [-0.1, -0.05) is 48.5 Å². The van der Waals surface area contributed by atoms with Gasteiger partial charge in [0.15, 0.2) is 0 Å². The van der Waals surface area contributed by atoms with E-state index in [0.29, 0.717) is 12.2 Å². The van der Waals surface area contributed by atoms with E-state index in [0.717, 1.165) is 29.4 Å². The molecule has 1 unspecified atom stereocenters. The molecule has 0 bridgehead atoms. The molecule has 0 saturated carbocycles. The maximum Gasteiger partial charge on any atom is 0.137 e. The first kappa shape index (κ1) is 13.9. The summed E-state index contributed by atoms with van der Waals surface area (Å²) in [7, 11) is 0. The normalized spacial score (nSPS) is 12.7. The van der Waals surface area contributed by atoms with Crippen LogP contribution in [0.3, 0.4) is 0 Å². The van der Waals surface area contributed by atoms with Gasteiger partial charge in [0.05, 0.1) is 0 Å². The number of furan rings is 1. The van der Waals surface area contributed by atoms with E-state index in [4.69, 9.17) is 4.42 Å². The number of hydrogen-bond acceptors (Lipinski definition) is 2. The van der Waals surface area contributed by atoms with E-state index in [9.17, 15) is 5.11 Å². The second-order valence-electron chi connectivity index (χ2n) is 5.54. The van der Waals surface area contributed by atoms with E-state index < -0.39 is 6.10 Å². The highest BCUT2D eigenvalue weighted by Crippen LogP contribution is 2.28. The Morgan fingerprint density at radius 3 is 2.62 bits per heavy atom. The summed E-state index contributed by atoms with van der Waals surface area (Å²) in [5, 5.41) is 11.4. The van der Waals surface area contributed by atoms with Crippen molar-refractivity contribution in [2.24, 2.45) is 0 Å². The smallest absolute Gasteiger partial charge is 0.137 e. The van der Waals surface area contributed by atoms with Gasteiger partial charge in [0.25, 0.3) is 0 Å². The zero-order valence-electron chi connectivity index (χ0n) is 12.3. The third kappa shape index (κ3) is 3.17. The lowest BCUT2D eigenvalue weighted by Gasteiger charge is -2.07. The molecular formula is C19H20O2. The SMILES string of the molecule is Cc1cccc2cc(C(O)CCCc3ccccc3)oc12. The zero-order chi connectivity index (χ0) is 14.7. The van der Waals surface area contributed by atoms with Gasteiger partial charge in [0, 0.05) is 5.39 Å². The first-order valence-electron chi connectivity index (χ1n) is 7.45. The van der Waals surface area contributed by atoms with E-state index in [1.54, 1.807) is 0 Å². The van der Waals surface area contributed by atoms with E-state index in [1.807, 2.05) is 49.4 Å². The number of para-hydroxylation sites is 1. The molecule has 21 heavy (non-hydrogen) atoms. The summed E-state index contributed by atoms with van der Waals surface area (Å²) in [6.07, 6.45) is 2.12. The molecule has 2 aromatic carbocycles. The molecule has 0 spiro atoms. The van der Waals surface area contributed by atoms with Crippen LogP contribution < -0.4 is 0 Å². The van der Waals surface area contributed by atoms with Crippen molar-refractivity contribution in [3.05, 3.63) is 71.5 Å². The van der Waals surface area contributed by atoms with Gasteiger partial charge in [-0.3, -0.25) is 0 Å². The summed E-state index contributed by atoms with van der Waals surface area (Å²) in [6.45, 7) is 2.03. The van der Waals surface area contributed by atoms with Crippen molar-refractivity contribution in [2.45, 2.75) is 32.3 Å². The highest BCUT2D eigenvalue weighted by atomic mass is 16.4. The van der Waals surface area contributed by atoms with Gasteiger partial charge < -0.3 is 9.52 Å². The molecule has 0 fully saturated rings. The first-order chi connectivity index (χ1) is 10.2. The second kappa shape index (κ2) is 6.15. The van der Waals surface area contributed by atoms with Crippen molar-refractivity contribution in [1.29, 1.82) is 0 Å². The van der Waals surface area contributed by atoms with Gasteiger partial charge in [0.1, 0.15) is 17.4 Å². The van der Waals surface area contributed by atoms with Crippen LogP contribution in [0.4, 0.5) is 0 Å². The Morgan fingerprint density at radius 1 is 1.05 bits per heavy atom. The third-order valence-electron chi connectivity index (χ3n) is 3.87. The summed E-state index contributed by atoms with van der Waals surface area (Å²) >= 11 is 0. The molecule has 108 valence electrons. The average Bonchev–Trinajstić information content (AvgIpc) is 2.94. The van der Waals surface area contributed by atoms with Gasteiger partial charge in [-0.25, -0.2) is 0 Å². The van der Waals surface area contributed by atoms with Crippen LogP contribution >= 0.6 is 0 Å². The molecule has 0 aliphatic heterocycles. The predicted molar refractivity (Wildman–Crippen MR) is 85.3 cm³/mol. The molecule has 1 heterocycles. The van der Waals surface area contributed by atoms with Gasteiger partial charge in [0.2, 0.25) is 0 Å². The summed E-state index contributed by atoms with van der Waals surface area (Å²) in [5.41, 5.74) is 3.30. The second-order valence-corrected chi connectivity index (χ2v) is 5.54. The molecule has 3 rings (SSSR count). The highest BCUT2D eigenvalue weighted by Gasteiger charge is 2.14. The first-order valence-corrected chi connectivity index (χ1v) is 7.45. The van der Waals surface area contributed by atoms with Gasteiger partial charge in [-0.05, 0) is 43.4 Å². The number of rotatable bonds is 5. The predicted octanol–water partition coefficient (Wildman–Crippen LogP) is 4.80. The summed E-state index contributed by atoms with van der Waals surface area (Å²) in [5.74, 6) is 0.673. The lowest BCUT2D eigenvalue weighted by molar-refractivity contribution is 0.140. The van der Waals surface area contributed by atoms with Crippen LogP contribution in [0, 0.1) is 6.92 Å². The van der Waals surface area contributed by atoms with Crippen LogP contribution in [0.25, 0.3) is 11.0 Å². The Balaban J connectivity index is 1.64. The topological polar surface area (TPSA) is 33.4 Å². The highest BCUT2D eigenvalue weighted by molar-refractivity contribution is 5.80. The van der Waals surface area contributed by atoms with E-state index >= 15 is 0 Å². The standard InChI is InChI=1S/C19H20O2/c1-14-7-5-11-16-13-18(21-19(14)16)17(20)12-6-10-15-8-3-2-4-9-15/h2-5,7-9,11,13,17,20H,6,10,12H2,1H3. The zero-order valence-corrected chi connectivity index (χ0v) is 12.3. The van der Waals surface area contributed by atoms with Gasteiger partial charge in [-0.15, -0.1) is 0 Å².